The maximum absolute atomic E-state index is 10.0. The average molecular weight is 409 g/mol. The molecule has 2 unspecified atom stereocenters. The number of hydrogen-bond donors (Lipinski definition) is 3. The lowest BCUT2D eigenvalue weighted by Gasteiger charge is -2.33. The Hall–Kier alpha value is -1.94. The highest BCUT2D eigenvalue weighted by Gasteiger charge is 2.43. The molecule has 3 heteroatoms. The largest absolute Gasteiger partial charge is 0.393 e. The third-order valence-corrected chi connectivity index (χ3v) is 5.99. The van der Waals surface area contributed by atoms with E-state index < -0.39 is 0 Å². The summed E-state index contributed by atoms with van der Waals surface area (Å²) < 4.78 is 0. The van der Waals surface area contributed by atoms with Crippen molar-refractivity contribution in [3.8, 4) is 11.1 Å². The molecule has 2 aromatic rings. The van der Waals surface area contributed by atoms with Crippen molar-refractivity contribution in [1.82, 2.24) is 5.32 Å². The van der Waals surface area contributed by atoms with Crippen LogP contribution in [0.25, 0.3) is 11.1 Å². The first-order chi connectivity index (χ1) is 14.6. The van der Waals surface area contributed by atoms with Gasteiger partial charge < -0.3 is 16.2 Å². The Morgan fingerprint density at radius 3 is 2.40 bits per heavy atom. The van der Waals surface area contributed by atoms with E-state index in [4.69, 9.17) is 0 Å². The van der Waals surface area contributed by atoms with Crippen LogP contribution in [0.1, 0.15) is 56.6 Å². The lowest BCUT2D eigenvalue weighted by molar-refractivity contribution is 0.149. The third-order valence-electron chi connectivity index (χ3n) is 5.99. The van der Waals surface area contributed by atoms with Crippen LogP contribution in [-0.2, 0) is 5.54 Å². The fourth-order valence-corrected chi connectivity index (χ4v) is 4.27. The molecule has 4 N–H and O–H groups in total. The second-order valence-electron chi connectivity index (χ2n) is 8.31. The minimum atomic E-state index is -0.171. The van der Waals surface area contributed by atoms with E-state index in [2.05, 4.69) is 86.1 Å². The zero-order chi connectivity index (χ0) is 22.0. The fraction of sp³-hybridized carbons (Fsp3) is 0.481. The SMILES string of the molecule is C=CC(NCCCC(O)CCC)(c1cccc(-c2cccc(C)c2)c1)C1CC1.CN. The van der Waals surface area contributed by atoms with Gasteiger partial charge in [0, 0.05) is 0 Å². The number of aryl methyl sites for hydroxylation is 1. The summed E-state index contributed by atoms with van der Waals surface area (Å²) in [6, 6.07) is 17.6. The molecule has 30 heavy (non-hydrogen) atoms. The molecule has 1 fully saturated rings. The van der Waals surface area contributed by atoms with Crippen LogP contribution in [0.5, 0.6) is 0 Å². The van der Waals surface area contributed by atoms with E-state index in [-0.39, 0.29) is 11.6 Å². The quantitative estimate of drug-likeness (QED) is 0.337. The summed E-state index contributed by atoms with van der Waals surface area (Å²) >= 11 is 0. The summed E-state index contributed by atoms with van der Waals surface area (Å²) in [4.78, 5) is 0. The van der Waals surface area contributed by atoms with Crippen molar-refractivity contribution in [3.05, 3.63) is 72.3 Å². The molecule has 0 amide bonds. The Balaban J connectivity index is 0.00000155. The van der Waals surface area contributed by atoms with Crippen LogP contribution in [0.4, 0.5) is 0 Å². The van der Waals surface area contributed by atoms with Gasteiger partial charge in [-0.2, -0.15) is 0 Å². The summed E-state index contributed by atoms with van der Waals surface area (Å²) in [5, 5.41) is 13.8. The molecule has 0 spiro atoms. The molecule has 164 valence electrons. The van der Waals surface area contributed by atoms with Crippen LogP contribution in [0.2, 0.25) is 0 Å². The van der Waals surface area contributed by atoms with Gasteiger partial charge in [-0.3, -0.25) is 0 Å². The lowest BCUT2D eigenvalue weighted by Crippen LogP contribution is -2.43. The van der Waals surface area contributed by atoms with E-state index in [9.17, 15) is 5.11 Å². The summed E-state index contributed by atoms with van der Waals surface area (Å²) in [6.45, 7) is 9.38. The van der Waals surface area contributed by atoms with Crippen molar-refractivity contribution < 1.29 is 5.11 Å². The van der Waals surface area contributed by atoms with Gasteiger partial charge in [0.05, 0.1) is 11.6 Å². The summed E-state index contributed by atoms with van der Waals surface area (Å²) in [6.07, 6.45) is 8.21. The normalized spacial score (nSPS) is 16.2. The first-order valence-corrected chi connectivity index (χ1v) is 11.4. The third kappa shape index (κ3) is 6.28. The van der Waals surface area contributed by atoms with Gasteiger partial charge in [0.1, 0.15) is 0 Å². The minimum Gasteiger partial charge on any atom is -0.393 e. The second-order valence-corrected chi connectivity index (χ2v) is 8.31. The predicted octanol–water partition coefficient (Wildman–Crippen LogP) is 5.56. The molecule has 0 heterocycles. The monoisotopic (exact) mass is 408 g/mol. The molecular weight excluding hydrogens is 368 g/mol. The van der Waals surface area contributed by atoms with Crippen LogP contribution in [0, 0.1) is 12.8 Å². The number of nitrogens with two attached hydrogens (primary N) is 1. The van der Waals surface area contributed by atoms with Crippen molar-refractivity contribution >= 4 is 0 Å². The van der Waals surface area contributed by atoms with E-state index in [0.717, 1.165) is 32.2 Å². The molecular formula is C27H40N2O. The number of benzene rings is 2. The second kappa shape index (κ2) is 12.0. The van der Waals surface area contributed by atoms with Crippen molar-refractivity contribution in [1.29, 1.82) is 0 Å². The Labute approximate surface area is 183 Å². The summed E-state index contributed by atoms with van der Waals surface area (Å²) in [5.41, 5.74) is 9.43. The van der Waals surface area contributed by atoms with Crippen LogP contribution in [0.3, 0.4) is 0 Å². The first kappa shape index (κ1) is 24.3. The number of aliphatic hydroxyl groups is 1. The minimum absolute atomic E-state index is 0.171. The topological polar surface area (TPSA) is 58.3 Å². The molecule has 1 aliphatic carbocycles. The number of hydrogen-bond acceptors (Lipinski definition) is 3. The molecule has 2 aromatic carbocycles. The van der Waals surface area contributed by atoms with Gasteiger partial charge in [-0.05, 0) is 81.3 Å². The molecule has 2 atom stereocenters. The maximum atomic E-state index is 10.0. The summed E-state index contributed by atoms with van der Waals surface area (Å²) in [5.74, 6) is 0.610. The molecule has 0 radical (unpaired) electrons. The van der Waals surface area contributed by atoms with Gasteiger partial charge in [-0.15, -0.1) is 6.58 Å². The van der Waals surface area contributed by atoms with Crippen molar-refractivity contribution in [2.75, 3.05) is 13.6 Å². The van der Waals surface area contributed by atoms with Crippen LogP contribution >= 0.6 is 0 Å². The van der Waals surface area contributed by atoms with E-state index in [0.29, 0.717) is 5.92 Å². The number of aliphatic hydroxyl groups excluding tert-OH is 1. The zero-order valence-corrected chi connectivity index (χ0v) is 19.0. The van der Waals surface area contributed by atoms with Crippen LogP contribution in [0.15, 0.2) is 61.2 Å². The smallest absolute Gasteiger partial charge is 0.0646 e. The Morgan fingerprint density at radius 1 is 1.13 bits per heavy atom. The molecule has 0 aliphatic heterocycles. The van der Waals surface area contributed by atoms with E-state index in [1.165, 1.54) is 42.1 Å². The highest BCUT2D eigenvalue weighted by molar-refractivity contribution is 5.65. The van der Waals surface area contributed by atoms with Gasteiger partial charge in [-0.1, -0.05) is 67.4 Å². The molecule has 3 nitrogen and oxygen atoms in total. The number of nitrogens with one attached hydrogen (secondary N) is 1. The highest BCUT2D eigenvalue weighted by atomic mass is 16.3. The van der Waals surface area contributed by atoms with Gasteiger partial charge in [-0.25, -0.2) is 0 Å². The first-order valence-electron chi connectivity index (χ1n) is 11.4. The predicted molar refractivity (Wildman–Crippen MR) is 129 cm³/mol. The van der Waals surface area contributed by atoms with Gasteiger partial charge in [0.25, 0.3) is 0 Å². The van der Waals surface area contributed by atoms with Gasteiger partial charge >= 0.3 is 0 Å². The zero-order valence-electron chi connectivity index (χ0n) is 19.0. The van der Waals surface area contributed by atoms with E-state index >= 15 is 0 Å². The Kier molecular flexibility index (Phi) is 9.77. The maximum Gasteiger partial charge on any atom is 0.0646 e. The van der Waals surface area contributed by atoms with Crippen molar-refractivity contribution in [2.45, 2.75) is 64.0 Å². The fourth-order valence-electron chi connectivity index (χ4n) is 4.27. The molecule has 0 bridgehead atoms. The van der Waals surface area contributed by atoms with Crippen LogP contribution in [-0.4, -0.2) is 24.8 Å². The van der Waals surface area contributed by atoms with Gasteiger partial charge in [0.2, 0.25) is 0 Å². The highest BCUT2D eigenvalue weighted by Crippen LogP contribution is 2.47. The summed E-state index contributed by atoms with van der Waals surface area (Å²) in [7, 11) is 1.50. The number of rotatable bonds is 11. The Bertz CT molecular complexity index is 784. The lowest BCUT2D eigenvalue weighted by atomic mass is 9.83. The van der Waals surface area contributed by atoms with Crippen LogP contribution < -0.4 is 11.1 Å². The molecule has 3 rings (SSSR count). The molecule has 0 aromatic heterocycles. The molecule has 1 saturated carbocycles. The molecule has 0 saturated heterocycles. The average Bonchev–Trinajstić information content (AvgIpc) is 3.62. The Morgan fingerprint density at radius 2 is 1.80 bits per heavy atom. The molecule has 1 aliphatic rings. The van der Waals surface area contributed by atoms with E-state index in [1.807, 2.05) is 0 Å². The van der Waals surface area contributed by atoms with Crippen molar-refractivity contribution in [2.24, 2.45) is 11.7 Å². The van der Waals surface area contributed by atoms with E-state index in [1.54, 1.807) is 0 Å². The van der Waals surface area contributed by atoms with Gasteiger partial charge in [0.15, 0.2) is 0 Å². The standard InChI is InChI=1S/C26H35NO.CH5N/c1-4-9-25(28)14-8-17-27-26(5-2,23-15-16-23)24-13-7-12-22(19-24)21-11-6-10-20(3)18-21;1-2/h5-7,10-13,18-19,23,25,27-28H,2,4,8-9,14-17H2,1,3H3;2H2,1H3. The van der Waals surface area contributed by atoms with Crippen molar-refractivity contribution in [3.63, 3.8) is 0 Å².